The first-order valence-corrected chi connectivity index (χ1v) is 9.97. The van der Waals surface area contributed by atoms with E-state index in [0.717, 1.165) is 22.5 Å². The van der Waals surface area contributed by atoms with Crippen molar-refractivity contribution in [3.63, 3.8) is 0 Å². The van der Waals surface area contributed by atoms with Crippen LogP contribution in [0.5, 0.6) is 0 Å². The minimum absolute atomic E-state index is 0.0841. The molecule has 6 nitrogen and oxygen atoms in total. The number of amides is 1. The zero-order chi connectivity index (χ0) is 21.3. The lowest BCUT2D eigenvalue weighted by atomic mass is 10.2. The quantitative estimate of drug-likeness (QED) is 0.534. The van der Waals surface area contributed by atoms with E-state index >= 15 is 0 Å². The maximum atomic E-state index is 13.1. The van der Waals surface area contributed by atoms with E-state index in [1.165, 1.54) is 10.9 Å². The summed E-state index contributed by atoms with van der Waals surface area (Å²) in [4.78, 5) is 30.0. The van der Waals surface area contributed by atoms with Gasteiger partial charge in [-0.3, -0.25) is 18.7 Å². The molecule has 0 bridgehead atoms. The zero-order valence-electron chi connectivity index (χ0n) is 16.7. The second-order valence-electron chi connectivity index (χ2n) is 7.16. The van der Waals surface area contributed by atoms with Gasteiger partial charge in [-0.25, -0.2) is 4.98 Å². The predicted molar refractivity (Wildman–Crippen MR) is 118 cm³/mol. The lowest BCUT2D eigenvalue weighted by Gasteiger charge is -2.09. The van der Waals surface area contributed by atoms with Gasteiger partial charge in [0.25, 0.3) is 5.56 Å². The van der Waals surface area contributed by atoms with Crippen molar-refractivity contribution >= 4 is 28.5 Å². The van der Waals surface area contributed by atoms with Gasteiger partial charge in [0.05, 0.1) is 5.39 Å². The Labute approximate surface area is 178 Å². The van der Waals surface area contributed by atoms with Crippen LogP contribution in [0.4, 0.5) is 0 Å². The largest absolute Gasteiger partial charge is 0.350 e. The molecule has 0 unspecified atom stereocenters. The molecule has 152 valence electrons. The fourth-order valence-electron chi connectivity index (χ4n) is 3.51. The van der Waals surface area contributed by atoms with Crippen LogP contribution in [-0.2, 0) is 17.9 Å². The molecular weight excluding hydrogens is 400 g/mol. The summed E-state index contributed by atoms with van der Waals surface area (Å²) in [6.45, 7) is 4.17. The van der Waals surface area contributed by atoms with E-state index in [0.29, 0.717) is 22.6 Å². The van der Waals surface area contributed by atoms with Crippen molar-refractivity contribution in [2.75, 3.05) is 0 Å². The standard InChI is InChI=1S/C23H21ClN4O2/c1-15-16(2)28(19-10-8-18(24)9-11-19)22-21(15)23(30)27(14-26-22)13-20(29)25-12-17-6-4-3-5-7-17/h3-11,14H,12-13H2,1-2H3,(H,25,29). The Balaban J connectivity index is 1.64. The van der Waals surface area contributed by atoms with Gasteiger partial charge >= 0.3 is 0 Å². The number of fused-ring (bicyclic) bond motifs is 1. The molecule has 0 spiro atoms. The van der Waals surface area contributed by atoms with Crippen LogP contribution in [0, 0.1) is 13.8 Å². The number of hydrogen-bond donors (Lipinski definition) is 1. The molecule has 0 saturated carbocycles. The van der Waals surface area contributed by atoms with Gasteiger partial charge in [-0.2, -0.15) is 0 Å². The Morgan fingerprint density at radius 2 is 1.77 bits per heavy atom. The van der Waals surface area contributed by atoms with Crippen molar-refractivity contribution in [2.24, 2.45) is 0 Å². The van der Waals surface area contributed by atoms with Crippen LogP contribution in [0.15, 0.2) is 65.7 Å². The number of nitrogens with one attached hydrogen (secondary N) is 1. The highest BCUT2D eigenvalue weighted by Gasteiger charge is 2.18. The van der Waals surface area contributed by atoms with E-state index in [2.05, 4.69) is 10.3 Å². The Bertz CT molecular complexity index is 1270. The molecule has 2 aromatic carbocycles. The van der Waals surface area contributed by atoms with Gasteiger partial charge in [0.15, 0.2) is 5.65 Å². The van der Waals surface area contributed by atoms with E-state index in [1.807, 2.05) is 60.9 Å². The monoisotopic (exact) mass is 420 g/mol. The van der Waals surface area contributed by atoms with Gasteiger partial charge in [-0.15, -0.1) is 0 Å². The molecule has 0 aliphatic rings. The smallest absolute Gasteiger partial charge is 0.263 e. The second kappa shape index (κ2) is 8.16. The molecule has 4 aromatic rings. The van der Waals surface area contributed by atoms with Crippen LogP contribution in [0.25, 0.3) is 16.7 Å². The molecule has 0 aliphatic heterocycles. The SMILES string of the molecule is Cc1c(C)n(-c2ccc(Cl)cc2)c2ncn(CC(=O)NCc3ccccc3)c(=O)c12. The predicted octanol–water partition coefficient (Wildman–Crippen LogP) is 3.77. The summed E-state index contributed by atoms with van der Waals surface area (Å²) in [6.07, 6.45) is 1.43. The summed E-state index contributed by atoms with van der Waals surface area (Å²) < 4.78 is 3.28. The number of rotatable bonds is 5. The Morgan fingerprint density at radius 3 is 2.47 bits per heavy atom. The lowest BCUT2D eigenvalue weighted by molar-refractivity contribution is -0.121. The molecule has 0 fully saturated rings. The summed E-state index contributed by atoms with van der Waals surface area (Å²) in [5.41, 5.74) is 3.97. The number of halogens is 1. The first-order valence-electron chi connectivity index (χ1n) is 9.59. The van der Waals surface area contributed by atoms with Crippen molar-refractivity contribution in [3.05, 3.63) is 93.1 Å². The third-order valence-electron chi connectivity index (χ3n) is 5.21. The van der Waals surface area contributed by atoms with Crippen LogP contribution in [0.2, 0.25) is 5.02 Å². The van der Waals surface area contributed by atoms with Crippen molar-refractivity contribution in [2.45, 2.75) is 26.9 Å². The minimum Gasteiger partial charge on any atom is -0.350 e. The molecule has 2 aromatic heterocycles. The van der Waals surface area contributed by atoms with Crippen LogP contribution in [0.1, 0.15) is 16.8 Å². The molecule has 1 amide bonds. The zero-order valence-corrected chi connectivity index (χ0v) is 17.5. The minimum atomic E-state index is -0.242. The van der Waals surface area contributed by atoms with Gasteiger partial charge in [0, 0.05) is 22.9 Å². The maximum Gasteiger partial charge on any atom is 0.263 e. The number of hydrogen-bond acceptors (Lipinski definition) is 3. The van der Waals surface area contributed by atoms with E-state index in [-0.39, 0.29) is 18.0 Å². The van der Waals surface area contributed by atoms with Crippen LogP contribution >= 0.6 is 11.6 Å². The van der Waals surface area contributed by atoms with Crippen molar-refractivity contribution in [1.82, 2.24) is 19.4 Å². The number of carbonyl (C=O) groups excluding carboxylic acids is 1. The summed E-state index contributed by atoms with van der Waals surface area (Å²) in [5.74, 6) is -0.242. The molecule has 0 atom stereocenters. The fraction of sp³-hybridized carbons (Fsp3) is 0.174. The molecule has 0 aliphatic carbocycles. The van der Waals surface area contributed by atoms with Crippen molar-refractivity contribution in [1.29, 1.82) is 0 Å². The van der Waals surface area contributed by atoms with Crippen LogP contribution in [0.3, 0.4) is 0 Å². The topological polar surface area (TPSA) is 68.9 Å². The summed E-state index contributed by atoms with van der Waals surface area (Å²) in [5, 5.41) is 4.00. The first kappa shape index (κ1) is 19.9. The highest BCUT2D eigenvalue weighted by molar-refractivity contribution is 6.30. The van der Waals surface area contributed by atoms with E-state index in [4.69, 9.17) is 11.6 Å². The van der Waals surface area contributed by atoms with Gasteiger partial charge in [-0.1, -0.05) is 41.9 Å². The maximum absolute atomic E-state index is 13.1. The highest BCUT2D eigenvalue weighted by Crippen LogP contribution is 2.25. The third kappa shape index (κ3) is 3.74. The molecular formula is C23H21ClN4O2. The van der Waals surface area contributed by atoms with Gasteiger partial charge in [-0.05, 0) is 49.2 Å². The molecule has 1 N–H and O–H groups in total. The van der Waals surface area contributed by atoms with Crippen molar-refractivity contribution in [3.8, 4) is 5.69 Å². The average molecular weight is 421 g/mol. The van der Waals surface area contributed by atoms with Crippen molar-refractivity contribution < 1.29 is 4.79 Å². The Hall–Kier alpha value is -3.38. The second-order valence-corrected chi connectivity index (χ2v) is 7.60. The molecule has 30 heavy (non-hydrogen) atoms. The molecule has 0 saturated heterocycles. The molecule has 0 radical (unpaired) electrons. The molecule has 2 heterocycles. The summed E-state index contributed by atoms with van der Waals surface area (Å²) in [6, 6.07) is 17.0. The van der Waals surface area contributed by atoms with Gasteiger partial charge in [0.1, 0.15) is 12.9 Å². The third-order valence-corrected chi connectivity index (χ3v) is 5.47. The highest BCUT2D eigenvalue weighted by atomic mass is 35.5. The molecule has 7 heteroatoms. The van der Waals surface area contributed by atoms with Gasteiger partial charge < -0.3 is 5.32 Å². The number of benzene rings is 2. The summed E-state index contributed by atoms with van der Waals surface area (Å²) in [7, 11) is 0. The lowest BCUT2D eigenvalue weighted by Crippen LogP contribution is -2.32. The average Bonchev–Trinajstić information content (AvgIpc) is 3.01. The number of carbonyl (C=O) groups is 1. The van der Waals surface area contributed by atoms with Crippen LogP contribution in [-0.4, -0.2) is 20.0 Å². The Morgan fingerprint density at radius 1 is 1.07 bits per heavy atom. The van der Waals surface area contributed by atoms with Gasteiger partial charge in [0.2, 0.25) is 5.91 Å². The fourth-order valence-corrected chi connectivity index (χ4v) is 3.64. The van der Waals surface area contributed by atoms with E-state index in [1.54, 1.807) is 12.1 Å². The first-order chi connectivity index (χ1) is 14.5. The van der Waals surface area contributed by atoms with Crippen LogP contribution < -0.4 is 10.9 Å². The number of nitrogens with zero attached hydrogens (tertiary/aromatic N) is 3. The van der Waals surface area contributed by atoms with E-state index < -0.39 is 0 Å². The number of aromatic nitrogens is 3. The normalized spacial score (nSPS) is 11.0. The van der Waals surface area contributed by atoms with E-state index in [9.17, 15) is 9.59 Å². The Kier molecular flexibility index (Phi) is 5.42. The molecule has 4 rings (SSSR count). The number of aryl methyl sites for hydroxylation is 1. The summed E-state index contributed by atoms with van der Waals surface area (Å²) >= 11 is 6.01.